The lowest BCUT2D eigenvalue weighted by molar-refractivity contribution is -0.123. The molecule has 1 aliphatic heterocycles. The molecule has 0 aromatic heterocycles. The maximum Gasteiger partial charge on any atom is 0.343 e. The van der Waals surface area contributed by atoms with E-state index in [0.29, 0.717) is 27.5 Å². The van der Waals surface area contributed by atoms with Crippen LogP contribution in [-0.4, -0.2) is 35.2 Å². The lowest BCUT2D eigenvalue weighted by atomic mass is 10.2. The molecule has 0 atom stereocenters. The molecule has 1 saturated heterocycles. The molecule has 1 fully saturated rings. The molecule has 0 radical (unpaired) electrons. The van der Waals surface area contributed by atoms with Crippen LogP contribution < -0.4 is 9.47 Å². The summed E-state index contributed by atoms with van der Waals surface area (Å²) in [5.41, 5.74) is 2.22. The van der Waals surface area contributed by atoms with Gasteiger partial charge in [0.25, 0.3) is 11.1 Å². The fraction of sp³-hybridized carbons (Fsp3) is 0.115. The van der Waals surface area contributed by atoms with Gasteiger partial charge in [0, 0.05) is 4.47 Å². The van der Waals surface area contributed by atoms with Gasteiger partial charge in [-0.05, 0) is 84.4 Å². The molecule has 34 heavy (non-hydrogen) atoms. The molecule has 1 aliphatic rings. The Hall–Kier alpha value is -3.36. The van der Waals surface area contributed by atoms with Crippen LogP contribution in [0.3, 0.4) is 0 Å². The summed E-state index contributed by atoms with van der Waals surface area (Å²) in [5.74, 6) is 0.262. The van der Waals surface area contributed by atoms with Crippen LogP contribution in [0, 0.1) is 6.92 Å². The van der Waals surface area contributed by atoms with Crippen molar-refractivity contribution in [3.8, 4) is 11.5 Å². The van der Waals surface area contributed by atoms with Gasteiger partial charge >= 0.3 is 5.97 Å². The van der Waals surface area contributed by atoms with E-state index >= 15 is 0 Å². The zero-order valence-corrected chi connectivity index (χ0v) is 20.6. The number of carbonyl (C=O) groups is 3. The molecule has 0 saturated carbocycles. The monoisotopic (exact) mass is 537 g/mol. The maximum atomic E-state index is 12.7. The molecule has 0 bridgehead atoms. The third-order valence-corrected chi connectivity index (χ3v) is 6.35. The minimum Gasteiger partial charge on any atom is -0.492 e. The first-order valence-electron chi connectivity index (χ1n) is 10.4. The molecular formula is C26H20BrNO5S. The van der Waals surface area contributed by atoms with Crippen molar-refractivity contribution in [3.05, 3.63) is 98.9 Å². The molecule has 172 valence electrons. The van der Waals surface area contributed by atoms with Crippen LogP contribution in [0.1, 0.15) is 21.5 Å². The molecule has 0 spiro atoms. The lowest BCUT2D eigenvalue weighted by Gasteiger charge is -2.13. The van der Waals surface area contributed by atoms with Crippen LogP contribution in [0.4, 0.5) is 4.79 Å². The Kier molecular flexibility index (Phi) is 7.49. The normalized spacial score (nSPS) is 14.5. The van der Waals surface area contributed by atoms with E-state index < -0.39 is 5.97 Å². The molecule has 3 aromatic carbocycles. The zero-order valence-electron chi connectivity index (χ0n) is 18.2. The Labute approximate surface area is 209 Å². The van der Waals surface area contributed by atoms with Crippen molar-refractivity contribution in [2.24, 2.45) is 0 Å². The first-order valence-corrected chi connectivity index (χ1v) is 12.0. The zero-order chi connectivity index (χ0) is 24.1. The number of hydrogen-bond donors (Lipinski definition) is 0. The summed E-state index contributed by atoms with van der Waals surface area (Å²) in [5, 5.41) is -0.329. The van der Waals surface area contributed by atoms with Crippen LogP contribution in [-0.2, 0) is 4.79 Å². The summed E-state index contributed by atoms with van der Waals surface area (Å²) in [7, 11) is 0. The van der Waals surface area contributed by atoms with E-state index in [4.69, 9.17) is 9.47 Å². The summed E-state index contributed by atoms with van der Waals surface area (Å²) >= 11 is 4.22. The Balaban J connectivity index is 1.35. The number of nitrogens with zero attached hydrogens (tertiary/aromatic N) is 1. The summed E-state index contributed by atoms with van der Waals surface area (Å²) in [6.07, 6.45) is 1.65. The van der Waals surface area contributed by atoms with Crippen LogP contribution in [0.15, 0.2) is 82.2 Å². The molecule has 0 N–H and O–H groups in total. The van der Waals surface area contributed by atoms with Crippen molar-refractivity contribution >= 4 is 50.9 Å². The van der Waals surface area contributed by atoms with E-state index in [0.717, 1.165) is 21.8 Å². The highest BCUT2D eigenvalue weighted by molar-refractivity contribution is 9.10. The molecule has 0 unspecified atom stereocenters. The summed E-state index contributed by atoms with van der Waals surface area (Å²) in [4.78, 5) is 38.8. The van der Waals surface area contributed by atoms with Gasteiger partial charge in [-0.15, -0.1) is 0 Å². The molecule has 2 amide bonds. The third kappa shape index (κ3) is 5.95. The van der Waals surface area contributed by atoms with E-state index in [1.165, 1.54) is 4.90 Å². The first kappa shape index (κ1) is 23.8. The van der Waals surface area contributed by atoms with Gasteiger partial charge in [-0.2, -0.15) is 0 Å². The van der Waals surface area contributed by atoms with E-state index in [-0.39, 0.29) is 24.3 Å². The van der Waals surface area contributed by atoms with Gasteiger partial charge in [0.2, 0.25) is 0 Å². The van der Waals surface area contributed by atoms with Crippen molar-refractivity contribution < 1.29 is 23.9 Å². The largest absolute Gasteiger partial charge is 0.492 e. The molecule has 8 heteroatoms. The number of aryl methyl sites for hydroxylation is 1. The number of rotatable bonds is 7. The average molecular weight is 538 g/mol. The Morgan fingerprint density at radius 2 is 1.74 bits per heavy atom. The number of imide groups is 1. The SMILES string of the molecule is Cc1cccc(OCCN2C(=O)S/C(=C\c3ccc(OC(=O)c4ccc(Br)cc4)cc3)C2=O)c1. The second kappa shape index (κ2) is 10.7. The average Bonchev–Trinajstić information content (AvgIpc) is 3.08. The summed E-state index contributed by atoms with van der Waals surface area (Å²) in [6.45, 7) is 2.35. The summed E-state index contributed by atoms with van der Waals surface area (Å²) in [6, 6.07) is 21.2. The van der Waals surface area contributed by atoms with E-state index in [1.807, 2.05) is 31.2 Å². The van der Waals surface area contributed by atoms with Gasteiger partial charge in [0.1, 0.15) is 18.1 Å². The fourth-order valence-electron chi connectivity index (χ4n) is 3.19. The topological polar surface area (TPSA) is 72.9 Å². The van der Waals surface area contributed by atoms with Gasteiger partial charge in [0.05, 0.1) is 17.0 Å². The van der Waals surface area contributed by atoms with Gasteiger partial charge in [-0.1, -0.05) is 40.2 Å². The van der Waals surface area contributed by atoms with Crippen LogP contribution >= 0.6 is 27.7 Å². The van der Waals surface area contributed by atoms with Crippen LogP contribution in [0.25, 0.3) is 6.08 Å². The Bertz CT molecular complexity index is 1250. The van der Waals surface area contributed by atoms with E-state index in [9.17, 15) is 14.4 Å². The van der Waals surface area contributed by atoms with Crippen molar-refractivity contribution in [1.29, 1.82) is 0 Å². The highest BCUT2D eigenvalue weighted by atomic mass is 79.9. The maximum absolute atomic E-state index is 12.7. The Morgan fingerprint density at radius 1 is 1.00 bits per heavy atom. The molecule has 3 aromatic rings. The van der Waals surface area contributed by atoms with E-state index in [2.05, 4.69) is 15.9 Å². The third-order valence-electron chi connectivity index (χ3n) is 4.92. The van der Waals surface area contributed by atoms with Gasteiger partial charge in [-0.25, -0.2) is 4.79 Å². The highest BCUT2D eigenvalue weighted by Gasteiger charge is 2.34. The number of thioether (sulfide) groups is 1. The van der Waals surface area contributed by atoms with Crippen LogP contribution in [0.2, 0.25) is 0 Å². The number of esters is 1. The predicted molar refractivity (Wildman–Crippen MR) is 135 cm³/mol. The van der Waals surface area contributed by atoms with Crippen molar-refractivity contribution in [1.82, 2.24) is 4.90 Å². The smallest absolute Gasteiger partial charge is 0.343 e. The molecule has 0 aliphatic carbocycles. The second-order valence-corrected chi connectivity index (χ2v) is 9.37. The van der Waals surface area contributed by atoms with Gasteiger partial charge in [-0.3, -0.25) is 14.5 Å². The number of hydrogen-bond acceptors (Lipinski definition) is 6. The molecule has 1 heterocycles. The molecule has 6 nitrogen and oxygen atoms in total. The Morgan fingerprint density at radius 3 is 2.44 bits per heavy atom. The number of benzene rings is 3. The van der Waals surface area contributed by atoms with Crippen molar-refractivity contribution in [2.75, 3.05) is 13.2 Å². The minimum atomic E-state index is -0.464. The van der Waals surface area contributed by atoms with Crippen molar-refractivity contribution in [3.63, 3.8) is 0 Å². The number of carbonyl (C=O) groups excluding carboxylic acids is 3. The number of halogens is 1. The standard InChI is InChI=1S/C26H20BrNO5S/c1-17-3-2-4-22(15-17)32-14-13-28-24(29)23(34-26(28)31)16-18-5-11-21(12-6-18)33-25(30)19-7-9-20(27)10-8-19/h2-12,15-16H,13-14H2,1H3/b23-16-. The van der Waals surface area contributed by atoms with Crippen molar-refractivity contribution in [2.45, 2.75) is 6.92 Å². The first-order chi connectivity index (χ1) is 16.4. The van der Waals surface area contributed by atoms with Gasteiger partial charge in [0.15, 0.2) is 0 Å². The summed E-state index contributed by atoms with van der Waals surface area (Å²) < 4.78 is 11.9. The minimum absolute atomic E-state index is 0.168. The molecular weight excluding hydrogens is 518 g/mol. The quantitative estimate of drug-likeness (QED) is 0.206. The predicted octanol–water partition coefficient (Wildman–Crippen LogP) is 6.09. The van der Waals surface area contributed by atoms with Crippen LogP contribution in [0.5, 0.6) is 11.5 Å². The highest BCUT2D eigenvalue weighted by Crippen LogP contribution is 2.32. The van der Waals surface area contributed by atoms with E-state index in [1.54, 1.807) is 54.6 Å². The number of amides is 2. The second-order valence-electron chi connectivity index (χ2n) is 7.46. The molecule has 4 rings (SSSR count). The number of ether oxygens (including phenoxy) is 2. The van der Waals surface area contributed by atoms with Gasteiger partial charge < -0.3 is 9.47 Å². The lowest BCUT2D eigenvalue weighted by Crippen LogP contribution is -2.32. The fourth-order valence-corrected chi connectivity index (χ4v) is 4.32.